The van der Waals surface area contributed by atoms with Gasteiger partial charge in [0.25, 0.3) is 5.91 Å². The van der Waals surface area contributed by atoms with E-state index in [4.69, 9.17) is 16.3 Å². The maximum absolute atomic E-state index is 13.2. The van der Waals surface area contributed by atoms with Crippen molar-refractivity contribution in [1.82, 2.24) is 15.1 Å². The molecule has 0 radical (unpaired) electrons. The minimum Gasteiger partial charge on any atom is -0.449 e. The summed E-state index contributed by atoms with van der Waals surface area (Å²) in [4.78, 5) is 25.1. The lowest BCUT2D eigenvalue weighted by Crippen LogP contribution is -2.46. The summed E-state index contributed by atoms with van der Waals surface area (Å²) in [6.45, 7) is 5.28. The van der Waals surface area contributed by atoms with Crippen LogP contribution in [0.4, 0.5) is 4.39 Å². The number of ether oxygens (including phenoxy) is 1. The zero-order valence-corrected chi connectivity index (χ0v) is 17.5. The number of rotatable bonds is 5. The van der Waals surface area contributed by atoms with Crippen molar-refractivity contribution in [3.05, 3.63) is 46.5 Å². The van der Waals surface area contributed by atoms with Crippen molar-refractivity contribution in [1.29, 1.82) is 0 Å². The number of hydrogen-bond acceptors (Lipinski definition) is 4. The van der Waals surface area contributed by atoms with Crippen molar-refractivity contribution in [3.63, 3.8) is 0 Å². The molecular formula is C21H25ClFN3O3. The van der Waals surface area contributed by atoms with Crippen LogP contribution in [0.15, 0.2) is 24.3 Å². The van der Waals surface area contributed by atoms with Gasteiger partial charge in [-0.2, -0.15) is 5.10 Å². The van der Waals surface area contributed by atoms with E-state index in [1.54, 1.807) is 6.92 Å². The molecule has 1 heterocycles. The molecule has 1 aliphatic carbocycles. The molecule has 8 heteroatoms. The van der Waals surface area contributed by atoms with Gasteiger partial charge >= 0.3 is 5.97 Å². The van der Waals surface area contributed by atoms with Gasteiger partial charge in [0.15, 0.2) is 6.10 Å². The summed E-state index contributed by atoms with van der Waals surface area (Å²) >= 11 is 6.34. The van der Waals surface area contributed by atoms with Gasteiger partial charge in [-0.25, -0.2) is 13.9 Å². The van der Waals surface area contributed by atoms with Gasteiger partial charge in [0.2, 0.25) is 0 Å². The quantitative estimate of drug-likeness (QED) is 0.734. The summed E-state index contributed by atoms with van der Waals surface area (Å²) in [5, 5.41) is 7.28. The van der Waals surface area contributed by atoms with E-state index >= 15 is 0 Å². The van der Waals surface area contributed by atoms with Crippen LogP contribution in [-0.2, 0) is 9.53 Å². The van der Waals surface area contributed by atoms with Crippen LogP contribution in [0.25, 0.3) is 5.69 Å². The maximum Gasteiger partial charge on any atom is 0.344 e. The maximum atomic E-state index is 13.2. The van der Waals surface area contributed by atoms with Gasteiger partial charge in [-0.1, -0.05) is 31.4 Å². The highest BCUT2D eigenvalue weighted by Crippen LogP contribution is 2.26. The standard InChI is InChI=1S/C21H25ClFN3O3/c1-12-6-4-5-7-17(12)24-20(27)14(3)29-21(28)18-13(2)25-26(19(18)22)16-10-8-15(23)9-11-16/h8-12,14,17H,4-7H2,1-3H3,(H,24,27)/t12-,14+,17+/m0/s1. The van der Waals surface area contributed by atoms with Gasteiger partial charge in [0.05, 0.1) is 11.4 Å². The molecule has 0 aliphatic heterocycles. The Hall–Kier alpha value is -2.41. The Morgan fingerprint density at radius 3 is 2.59 bits per heavy atom. The zero-order valence-electron chi connectivity index (χ0n) is 16.7. The molecule has 3 rings (SSSR count). The van der Waals surface area contributed by atoms with Crippen molar-refractivity contribution in [2.75, 3.05) is 0 Å². The molecule has 29 heavy (non-hydrogen) atoms. The molecule has 0 saturated heterocycles. The molecule has 0 unspecified atom stereocenters. The number of halogens is 2. The molecule has 1 aliphatic rings. The van der Waals surface area contributed by atoms with Crippen LogP contribution in [0.3, 0.4) is 0 Å². The molecule has 0 spiro atoms. The van der Waals surface area contributed by atoms with Gasteiger partial charge in [0, 0.05) is 6.04 Å². The first-order valence-corrected chi connectivity index (χ1v) is 10.2. The van der Waals surface area contributed by atoms with Gasteiger partial charge in [-0.15, -0.1) is 0 Å². The van der Waals surface area contributed by atoms with Crippen molar-refractivity contribution in [2.45, 2.75) is 58.6 Å². The average molecular weight is 422 g/mol. The Bertz CT molecular complexity index is 897. The van der Waals surface area contributed by atoms with Crippen LogP contribution in [0, 0.1) is 18.7 Å². The number of aromatic nitrogens is 2. The van der Waals surface area contributed by atoms with Crippen LogP contribution >= 0.6 is 11.6 Å². The van der Waals surface area contributed by atoms with Gasteiger partial charge in [0.1, 0.15) is 16.5 Å². The molecule has 1 aromatic heterocycles. The van der Waals surface area contributed by atoms with Crippen LogP contribution in [-0.4, -0.2) is 33.8 Å². The molecule has 156 valence electrons. The smallest absolute Gasteiger partial charge is 0.344 e. The fourth-order valence-electron chi connectivity index (χ4n) is 3.59. The first-order valence-electron chi connectivity index (χ1n) is 9.80. The van der Waals surface area contributed by atoms with E-state index in [0.717, 1.165) is 19.3 Å². The van der Waals surface area contributed by atoms with E-state index in [9.17, 15) is 14.0 Å². The first-order chi connectivity index (χ1) is 13.8. The monoisotopic (exact) mass is 421 g/mol. The van der Waals surface area contributed by atoms with Gasteiger partial charge < -0.3 is 10.1 Å². The van der Waals surface area contributed by atoms with E-state index in [0.29, 0.717) is 17.3 Å². The van der Waals surface area contributed by atoms with Crippen molar-refractivity contribution in [3.8, 4) is 5.69 Å². The van der Waals surface area contributed by atoms with E-state index in [1.165, 1.54) is 42.3 Å². The molecule has 1 N–H and O–H groups in total. The topological polar surface area (TPSA) is 73.2 Å². The second kappa shape index (κ2) is 8.95. The Balaban J connectivity index is 1.70. The van der Waals surface area contributed by atoms with Crippen LogP contribution in [0.1, 0.15) is 55.6 Å². The number of carbonyl (C=O) groups excluding carboxylic acids is 2. The summed E-state index contributed by atoms with van der Waals surface area (Å²) in [5.41, 5.74) is 0.954. The van der Waals surface area contributed by atoms with Gasteiger partial charge in [-0.05, 0) is 56.9 Å². The number of nitrogens with one attached hydrogen (secondary N) is 1. The first kappa shape index (κ1) is 21.3. The Kier molecular flexibility index (Phi) is 6.57. The summed E-state index contributed by atoms with van der Waals surface area (Å²) in [7, 11) is 0. The van der Waals surface area contributed by atoms with E-state index < -0.39 is 12.1 Å². The second-order valence-corrected chi connectivity index (χ2v) is 7.92. The molecular weight excluding hydrogens is 397 g/mol. The molecule has 0 bridgehead atoms. The van der Waals surface area contributed by atoms with Crippen LogP contribution < -0.4 is 5.32 Å². The summed E-state index contributed by atoms with van der Waals surface area (Å²) in [6.07, 6.45) is 3.31. The highest BCUT2D eigenvalue weighted by atomic mass is 35.5. The van der Waals surface area contributed by atoms with Crippen LogP contribution in [0.5, 0.6) is 0 Å². The molecule has 1 amide bonds. The zero-order chi connectivity index (χ0) is 21.1. The summed E-state index contributed by atoms with van der Waals surface area (Å²) in [6, 6.07) is 5.66. The lowest BCUT2D eigenvalue weighted by atomic mass is 9.86. The fourth-order valence-corrected chi connectivity index (χ4v) is 3.94. The predicted octanol–water partition coefficient (Wildman–Crippen LogP) is 4.21. The third-order valence-electron chi connectivity index (χ3n) is 5.37. The van der Waals surface area contributed by atoms with Gasteiger partial charge in [-0.3, -0.25) is 4.79 Å². The normalized spacial score (nSPS) is 20.2. The number of esters is 1. The number of aryl methyl sites for hydroxylation is 1. The Labute approximate surface area is 174 Å². The second-order valence-electron chi connectivity index (χ2n) is 7.56. The molecule has 6 nitrogen and oxygen atoms in total. The molecule has 2 aromatic rings. The number of carbonyl (C=O) groups is 2. The van der Waals surface area contributed by atoms with Crippen molar-refractivity contribution < 1.29 is 18.7 Å². The summed E-state index contributed by atoms with van der Waals surface area (Å²) < 4.78 is 19.8. The number of amides is 1. The third-order valence-corrected chi connectivity index (χ3v) is 5.72. The third kappa shape index (κ3) is 4.78. The SMILES string of the molecule is Cc1nn(-c2ccc(F)cc2)c(Cl)c1C(=O)O[C@H](C)C(=O)N[C@@H]1CCCC[C@@H]1C. The lowest BCUT2D eigenvalue weighted by Gasteiger charge is -2.30. The predicted molar refractivity (Wildman–Crippen MR) is 108 cm³/mol. The largest absolute Gasteiger partial charge is 0.449 e. The van der Waals surface area contributed by atoms with Crippen molar-refractivity contribution in [2.24, 2.45) is 5.92 Å². The minimum atomic E-state index is -0.957. The summed E-state index contributed by atoms with van der Waals surface area (Å²) in [5.74, 6) is -1.03. The highest BCUT2D eigenvalue weighted by Gasteiger charge is 2.29. The Morgan fingerprint density at radius 1 is 1.28 bits per heavy atom. The molecule has 1 fully saturated rings. The Morgan fingerprint density at radius 2 is 1.93 bits per heavy atom. The molecule has 1 aromatic carbocycles. The average Bonchev–Trinajstić information content (AvgIpc) is 2.98. The minimum absolute atomic E-state index is 0.0487. The van der Waals surface area contributed by atoms with Crippen molar-refractivity contribution >= 4 is 23.5 Å². The van der Waals surface area contributed by atoms with E-state index in [2.05, 4.69) is 17.3 Å². The van der Waals surface area contributed by atoms with E-state index in [-0.39, 0.29) is 28.5 Å². The fraction of sp³-hybridized carbons (Fsp3) is 0.476. The lowest BCUT2D eigenvalue weighted by molar-refractivity contribution is -0.130. The van der Waals surface area contributed by atoms with E-state index in [1.807, 2.05) is 0 Å². The molecule has 3 atom stereocenters. The van der Waals surface area contributed by atoms with Crippen LogP contribution in [0.2, 0.25) is 5.15 Å². The number of hydrogen-bond donors (Lipinski definition) is 1. The highest BCUT2D eigenvalue weighted by molar-refractivity contribution is 6.33. The number of nitrogens with zero attached hydrogens (tertiary/aromatic N) is 2. The number of benzene rings is 1. The molecule has 1 saturated carbocycles.